The van der Waals surface area contributed by atoms with Crippen molar-refractivity contribution in [3.63, 3.8) is 0 Å². The van der Waals surface area contributed by atoms with E-state index in [2.05, 4.69) is 15.3 Å². The summed E-state index contributed by atoms with van der Waals surface area (Å²) >= 11 is 1.40. The number of thioether (sulfide) groups is 1. The van der Waals surface area contributed by atoms with Gasteiger partial charge in [0.2, 0.25) is 5.95 Å². The van der Waals surface area contributed by atoms with Gasteiger partial charge in [0.05, 0.1) is 6.20 Å². The number of rotatable bonds is 3. The van der Waals surface area contributed by atoms with E-state index in [1.807, 2.05) is 27.7 Å². The number of nitrogens with zero attached hydrogens (tertiary/aromatic N) is 2. The number of anilines is 1. The topological polar surface area (TPSA) is 37.8 Å². The summed E-state index contributed by atoms with van der Waals surface area (Å²) in [4.78, 5) is 7.96. The molecule has 1 rings (SSSR count). The average molecular weight is 229 g/mol. The Morgan fingerprint density at radius 1 is 1.47 bits per heavy atom. The number of nitrogens with one attached hydrogen (secondary N) is 1. The monoisotopic (exact) mass is 229 g/mol. The van der Waals surface area contributed by atoms with Crippen LogP contribution in [0, 0.1) is 5.82 Å². The molecule has 0 aliphatic heterocycles. The van der Waals surface area contributed by atoms with Gasteiger partial charge in [-0.2, -0.15) is 0 Å². The van der Waals surface area contributed by atoms with Crippen molar-refractivity contribution >= 4 is 17.7 Å². The zero-order valence-corrected chi connectivity index (χ0v) is 10.3. The maximum Gasteiger partial charge on any atom is 0.223 e. The van der Waals surface area contributed by atoms with E-state index in [9.17, 15) is 4.39 Å². The van der Waals surface area contributed by atoms with Crippen LogP contribution in [0.4, 0.5) is 10.3 Å². The van der Waals surface area contributed by atoms with Crippen molar-refractivity contribution in [1.29, 1.82) is 0 Å². The van der Waals surface area contributed by atoms with Gasteiger partial charge in [-0.1, -0.05) is 32.5 Å². The van der Waals surface area contributed by atoms with Gasteiger partial charge < -0.3 is 5.32 Å². The Morgan fingerprint density at radius 2 is 2.13 bits per heavy atom. The van der Waals surface area contributed by atoms with Crippen LogP contribution in [0.3, 0.4) is 0 Å². The van der Waals surface area contributed by atoms with Crippen LogP contribution >= 0.6 is 11.8 Å². The molecule has 0 fully saturated rings. The van der Waals surface area contributed by atoms with Crippen LogP contribution in [0.15, 0.2) is 11.2 Å². The van der Waals surface area contributed by atoms with E-state index in [0.717, 1.165) is 6.54 Å². The summed E-state index contributed by atoms with van der Waals surface area (Å²) in [7, 11) is 0. The van der Waals surface area contributed by atoms with Gasteiger partial charge in [0.25, 0.3) is 0 Å². The molecule has 0 unspecified atom stereocenters. The summed E-state index contributed by atoms with van der Waals surface area (Å²) in [5.41, 5.74) is 0. The molecule has 1 aromatic rings. The van der Waals surface area contributed by atoms with E-state index < -0.39 is 0 Å². The molecule has 0 aliphatic rings. The van der Waals surface area contributed by atoms with Gasteiger partial charge in [-0.25, -0.2) is 14.4 Å². The number of aromatic nitrogens is 2. The molecule has 0 amide bonds. The van der Waals surface area contributed by atoms with E-state index >= 15 is 0 Å². The second-order valence-corrected chi connectivity index (χ2v) is 5.91. The zero-order chi connectivity index (χ0) is 11.5. The lowest BCUT2D eigenvalue weighted by Crippen LogP contribution is -2.10. The van der Waals surface area contributed by atoms with E-state index in [-0.39, 0.29) is 10.6 Å². The first-order valence-corrected chi connectivity index (χ1v) is 5.69. The standard InChI is InChI=1S/C10H16FN3S/c1-5-12-9-13-6-7(11)8(14-9)15-10(2,3)4/h6H,5H2,1-4H3,(H,12,13,14). The highest BCUT2D eigenvalue weighted by molar-refractivity contribution is 8.00. The fourth-order valence-electron chi connectivity index (χ4n) is 0.956. The Bertz CT molecular complexity index is 336. The van der Waals surface area contributed by atoms with Gasteiger partial charge in [-0.3, -0.25) is 0 Å². The summed E-state index contributed by atoms with van der Waals surface area (Å²) < 4.78 is 13.3. The lowest BCUT2D eigenvalue weighted by molar-refractivity contribution is 0.578. The Balaban J connectivity index is 2.90. The van der Waals surface area contributed by atoms with Gasteiger partial charge in [0.15, 0.2) is 5.82 Å². The van der Waals surface area contributed by atoms with Gasteiger partial charge >= 0.3 is 0 Å². The first-order valence-electron chi connectivity index (χ1n) is 4.88. The maximum absolute atomic E-state index is 13.4. The summed E-state index contributed by atoms with van der Waals surface area (Å²) in [6.07, 6.45) is 1.21. The maximum atomic E-state index is 13.4. The lowest BCUT2D eigenvalue weighted by Gasteiger charge is -2.17. The zero-order valence-electron chi connectivity index (χ0n) is 9.47. The van der Waals surface area contributed by atoms with Crippen molar-refractivity contribution in [1.82, 2.24) is 9.97 Å². The van der Waals surface area contributed by atoms with Crippen molar-refractivity contribution in [2.24, 2.45) is 0 Å². The molecule has 0 saturated carbocycles. The minimum atomic E-state index is -0.364. The highest BCUT2D eigenvalue weighted by Gasteiger charge is 2.17. The highest BCUT2D eigenvalue weighted by atomic mass is 32.2. The second kappa shape index (κ2) is 4.79. The molecule has 0 radical (unpaired) electrons. The summed E-state index contributed by atoms with van der Waals surface area (Å²) in [5, 5.41) is 3.36. The molecule has 0 aromatic carbocycles. The van der Waals surface area contributed by atoms with Crippen LogP contribution < -0.4 is 5.32 Å². The smallest absolute Gasteiger partial charge is 0.223 e. The van der Waals surface area contributed by atoms with Crippen LogP contribution in [0.5, 0.6) is 0 Å². The minimum absolute atomic E-state index is 0.0569. The largest absolute Gasteiger partial charge is 0.354 e. The number of halogens is 1. The molecular formula is C10H16FN3S. The molecule has 5 heteroatoms. The number of hydrogen-bond donors (Lipinski definition) is 1. The van der Waals surface area contributed by atoms with E-state index in [0.29, 0.717) is 11.0 Å². The van der Waals surface area contributed by atoms with Gasteiger partial charge in [-0.05, 0) is 6.92 Å². The Labute approximate surface area is 93.9 Å². The van der Waals surface area contributed by atoms with Crippen molar-refractivity contribution in [3.8, 4) is 0 Å². The predicted molar refractivity (Wildman–Crippen MR) is 61.8 cm³/mol. The summed E-state index contributed by atoms with van der Waals surface area (Å²) in [6.45, 7) is 8.74. The SMILES string of the molecule is CCNc1ncc(F)c(SC(C)(C)C)n1. The molecule has 0 bridgehead atoms. The molecule has 1 N–H and O–H groups in total. The quantitative estimate of drug-likeness (QED) is 0.639. The minimum Gasteiger partial charge on any atom is -0.354 e. The van der Waals surface area contributed by atoms with E-state index in [1.54, 1.807) is 0 Å². The van der Waals surface area contributed by atoms with Crippen LogP contribution in [0.2, 0.25) is 0 Å². The lowest BCUT2D eigenvalue weighted by atomic mass is 10.3. The fourth-order valence-corrected chi connectivity index (χ4v) is 1.82. The van der Waals surface area contributed by atoms with Crippen molar-refractivity contribution in [3.05, 3.63) is 12.0 Å². The van der Waals surface area contributed by atoms with Crippen LogP contribution in [-0.4, -0.2) is 21.3 Å². The van der Waals surface area contributed by atoms with E-state index in [4.69, 9.17) is 0 Å². The summed E-state index contributed by atoms with van der Waals surface area (Å²) in [5.74, 6) is 0.113. The third-order valence-corrected chi connectivity index (χ3v) is 2.54. The van der Waals surface area contributed by atoms with Gasteiger partial charge in [-0.15, -0.1) is 0 Å². The van der Waals surface area contributed by atoms with Crippen LogP contribution in [0.1, 0.15) is 27.7 Å². The first-order chi connectivity index (χ1) is 6.92. The van der Waals surface area contributed by atoms with Crippen LogP contribution in [0.25, 0.3) is 0 Å². The second-order valence-electron chi connectivity index (χ2n) is 4.09. The average Bonchev–Trinajstić information content (AvgIpc) is 2.09. The van der Waals surface area contributed by atoms with Gasteiger partial charge in [0.1, 0.15) is 5.03 Å². The molecule has 0 atom stereocenters. The fraction of sp³-hybridized carbons (Fsp3) is 0.600. The Kier molecular flexibility index (Phi) is 3.90. The van der Waals surface area contributed by atoms with Crippen molar-refractivity contribution < 1.29 is 4.39 Å². The van der Waals surface area contributed by atoms with E-state index in [1.165, 1.54) is 18.0 Å². The molecule has 15 heavy (non-hydrogen) atoms. The highest BCUT2D eigenvalue weighted by Crippen LogP contribution is 2.32. The Hall–Kier alpha value is -0.840. The predicted octanol–water partition coefficient (Wildman–Crippen LogP) is 2.94. The molecule has 0 saturated heterocycles. The third kappa shape index (κ3) is 4.03. The van der Waals surface area contributed by atoms with Gasteiger partial charge in [0, 0.05) is 11.3 Å². The number of hydrogen-bond acceptors (Lipinski definition) is 4. The molecule has 84 valence electrons. The molecule has 3 nitrogen and oxygen atoms in total. The molecule has 1 aromatic heterocycles. The molecule has 1 heterocycles. The first kappa shape index (κ1) is 12.2. The third-order valence-electron chi connectivity index (χ3n) is 1.45. The van der Waals surface area contributed by atoms with Crippen molar-refractivity contribution in [2.45, 2.75) is 37.5 Å². The molecular weight excluding hydrogens is 213 g/mol. The van der Waals surface area contributed by atoms with Crippen molar-refractivity contribution in [2.75, 3.05) is 11.9 Å². The molecule has 0 aliphatic carbocycles. The summed E-state index contributed by atoms with van der Waals surface area (Å²) in [6, 6.07) is 0. The Morgan fingerprint density at radius 3 is 2.67 bits per heavy atom. The normalized spacial score (nSPS) is 11.5. The molecule has 0 spiro atoms. The van der Waals surface area contributed by atoms with Crippen LogP contribution in [-0.2, 0) is 0 Å².